The maximum Gasteiger partial charge on any atom is 0.0928 e. The topological polar surface area (TPSA) is 40.4 Å². The highest BCUT2D eigenvalue weighted by Gasteiger charge is 2.35. The van der Waals surface area contributed by atoms with Crippen LogP contribution in [0.2, 0.25) is 0 Å². The highest BCUT2D eigenvalue weighted by Crippen LogP contribution is 2.30. The highest BCUT2D eigenvalue weighted by atomic mass is 14.9. The number of benzene rings is 1. The maximum absolute atomic E-state index is 9.33. The van der Waals surface area contributed by atoms with Gasteiger partial charge in [0.2, 0.25) is 0 Å². The molecule has 14 heavy (non-hydrogen) atoms. The smallest absolute Gasteiger partial charge is 0.0928 e. The first-order chi connectivity index (χ1) is 6.87. The molecule has 2 rings (SSSR count). The van der Waals surface area contributed by atoms with Crippen molar-refractivity contribution in [1.82, 2.24) is 0 Å². The Morgan fingerprint density at radius 1 is 1.14 bits per heavy atom. The van der Waals surface area contributed by atoms with Gasteiger partial charge in [0, 0.05) is 12.8 Å². The van der Waals surface area contributed by atoms with Crippen molar-refractivity contribution < 1.29 is 5.32 Å². The first-order valence-electron chi connectivity index (χ1n) is 5.16. The van der Waals surface area contributed by atoms with E-state index in [1.165, 1.54) is 5.56 Å². The minimum atomic E-state index is -0.212. The zero-order valence-corrected chi connectivity index (χ0v) is 8.24. The van der Waals surface area contributed by atoms with E-state index in [0.29, 0.717) is 0 Å². The molecule has 1 aliphatic rings. The Hall–Kier alpha value is -1.33. The fourth-order valence-corrected chi connectivity index (χ4v) is 2.19. The molecule has 0 bridgehead atoms. The lowest BCUT2D eigenvalue weighted by Gasteiger charge is -2.29. The lowest BCUT2D eigenvalue weighted by molar-refractivity contribution is -0.664. The number of piperidine rings is 1. The van der Waals surface area contributed by atoms with Gasteiger partial charge in [-0.05, 0) is 5.56 Å². The minimum absolute atomic E-state index is 0.212. The molecular formula is C12H15N2+. The molecule has 0 aliphatic carbocycles. The molecule has 0 spiro atoms. The van der Waals surface area contributed by atoms with Crippen molar-refractivity contribution in [3.8, 4) is 6.07 Å². The van der Waals surface area contributed by atoms with Gasteiger partial charge in [0.1, 0.15) is 0 Å². The van der Waals surface area contributed by atoms with E-state index in [9.17, 15) is 5.26 Å². The summed E-state index contributed by atoms with van der Waals surface area (Å²) in [5, 5.41) is 11.6. The molecule has 1 heterocycles. The van der Waals surface area contributed by atoms with E-state index in [1.54, 1.807) is 0 Å². The molecule has 0 amide bonds. The number of nitrogens with two attached hydrogens (primary N) is 1. The van der Waals surface area contributed by atoms with Gasteiger partial charge in [-0.25, -0.2) is 0 Å². The molecule has 0 unspecified atom stereocenters. The molecule has 2 heteroatoms. The van der Waals surface area contributed by atoms with Crippen LogP contribution < -0.4 is 5.32 Å². The molecule has 0 radical (unpaired) electrons. The summed E-state index contributed by atoms with van der Waals surface area (Å²) >= 11 is 0. The first kappa shape index (κ1) is 9.23. The van der Waals surface area contributed by atoms with E-state index in [4.69, 9.17) is 0 Å². The Bertz CT molecular complexity index is 331. The number of hydrogen-bond donors (Lipinski definition) is 1. The minimum Gasteiger partial charge on any atom is -0.346 e. The third kappa shape index (κ3) is 1.51. The van der Waals surface area contributed by atoms with Crippen LogP contribution in [0.3, 0.4) is 0 Å². The predicted molar refractivity (Wildman–Crippen MR) is 54.6 cm³/mol. The van der Waals surface area contributed by atoms with E-state index in [1.807, 2.05) is 18.2 Å². The quantitative estimate of drug-likeness (QED) is 0.694. The number of quaternary nitrogens is 1. The van der Waals surface area contributed by atoms with Crippen LogP contribution in [0.1, 0.15) is 18.4 Å². The lowest BCUT2D eigenvalue weighted by atomic mass is 9.74. The molecule has 0 aromatic heterocycles. The average Bonchev–Trinajstić information content (AvgIpc) is 2.31. The molecule has 2 N–H and O–H groups in total. The maximum atomic E-state index is 9.33. The standard InChI is InChI=1S/C12H14N2/c13-10-12(6-8-14-9-7-12)11-4-2-1-3-5-11/h1-5,14H,6-9H2/p+1. The molecular weight excluding hydrogens is 172 g/mol. The van der Waals surface area contributed by atoms with Crippen molar-refractivity contribution in [2.75, 3.05) is 13.1 Å². The number of nitrogens with zero attached hydrogens (tertiary/aromatic N) is 1. The zero-order valence-electron chi connectivity index (χ0n) is 8.24. The van der Waals surface area contributed by atoms with Gasteiger partial charge in [-0.2, -0.15) is 5.26 Å². The summed E-state index contributed by atoms with van der Waals surface area (Å²) in [4.78, 5) is 0. The van der Waals surface area contributed by atoms with E-state index in [-0.39, 0.29) is 5.41 Å². The third-order valence-corrected chi connectivity index (χ3v) is 3.09. The van der Waals surface area contributed by atoms with E-state index in [0.717, 1.165) is 25.9 Å². The molecule has 0 saturated carbocycles. The second kappa shape index (κ2) is 3.81. The highest BCUT2D eigenvalue weighted by molar-refractivity contribution is 5.32. The van der Waals surface area contributed by atoms with Gasteiger partial charge in [0.15, 0.2) is 0 Å². The summed E-state index contributed by atoms with van der Waals surface area (Å²) in [5.74, 6) is 0. The van der Waals surface area contributed by atoms with Crippen molar-refractivity contribution >= 4 is 0 Å². The molecule has 1 fully saturated rings. The summed E-state index contributed by atoms with van der Waals surface area (Å²) in [7, 11) is 0. The monoisotopic (exact) mass is 187 g/mol. The molecule has 1 aliphatic heterocycles. The first-order valence-corrected chi connectivity index (χ1v) is 5.16. The van der Waals surface area contributed by atoms with Crippen LogP contribution in [-0.2, 0) is 5.41 Å². The molecule has 0 atom stereocenters. The van der Waals surface area contributed by atoms with Gasteiger partial charge in [-0.15, -0.1) is 0 Å². The van der Waals surface area contributed by atoms with Crippen molar-refractivity contribution in [2.45, 2.75) is 18.3 Å². The van der Waals surface area contributed by atoms with E-state index in [2.05, 4.69) is 23.5 Å². The Balaban J connectivity index is 2.33. The second-order valence-corrected chi connectivity index (χ2v) is 3.93. The number of rotatable bonds is 1. The van der Waals surface area contributed by atoms with Crippen molar-refractivity contribution in [2.24, 2.45) is 0 Å². The Kier molecular flexibility index (Phi) is 2.51. The number of nitriles is 1. The van der Waals surface area contributed by atoms with Crippen molar-refractivity contribution in [3.05, 3.63) is 35.9 Å². The normalized spacial score (nSPS) is 19.9. The molecule has 72 valence electrons. The average molecular weight is 187 g/mol. The largest absolute Gasteiger partial charge is 0.346 e. The third-order valence-electron chi connectivity index (χ3n) is 3.09. The van der Waals surface area contributed by atoms with E-state index < -0.39 is 0 Å². The second-order valence-electron chi connectivity index (χ2n) is 3.93. The molecule has 1 aromatic carbocycles. The molecule has 1 saturated heterocycles. The van der Waals surface area contributed by atoms with Crippen LogP contribution in [0, 0.1) is 11.3 Å². The summed E-state index contributed by atoms with van der Waals surface area (Å²) in [5.41, 5.74) is 0.978. The summed E-state index contributed by atoms with van der Waals surface area (Å²) in [6.45, 7) is 2.14. The predicted octanol–water partition coefficient (Wildman–Crippen LogP) is 0.805. The van der Waals surface area contributed by atoms with Gasteiger partial charge >= 0.3 is 0 Å². The van der Waals surface area contributed by atoms with Gasteiger partial charge in [-0.1, -0.05) is 30.3 Å². The Labute approximate surface area is 84.6 Å². The van der Waals surface area contributed by atoms with Gasteiger partial charge < -0.3 is 5.32 Å². The summed E-state index contributed by atoms with van der Waals surface area (Å²) in [6, 6.07) is 12.7. The summed E-state index contributed by atoms with van der Waals surface area (Å²) in [6.07, 6.45) is 1.96. The van der Waals surface area contributed by atoms with Crippen LogP contribution in [0.5, 0.6) is 0 Å². The van der Waals surface area contributed by atoms with Crippen LogP contribution in [0.25, 0.3) is 0 Å². The van der Waals surface area contributed by atoms with Crippen LogP contribution in [-0.4, -0.2) is 13.1 Å². The lowest BCUT2D eigenvalue weighted by Crippen LogP contribution is -2.87. The van der Waals surface area contributed by atoms with E-state index >= 15 is 0 Å². The van der Waals surface area contributed by atoms with Crippen LogP contribution in [0.15, 0.2) is 30.3 Å². The Morgan fingerprint density at radius 3 is 2.36 bits per heavy atom. The summed E-state index contributed by atoms with van der Waals surface area (Å²) < 4.78 is 0. The zero-order chi connectivity index (χ0) is 9.86. The van der Waals surface area contributed by atoms with Crippen LogP contribution in [0.4, 0.5) is 0 Å². The fraction of sp³-hybridized carbons (Fsp3) is 0.417. The Morgan fingerprint density at radius 2 is 1.79 bits per heavy atom. The van der Waals surface area contributed by atoms with Gasteiger partial charge in [0.25, 0.3) is 0 Å². The SMILES string of the molecule is N#CC1(c2ccccc2)CC[NH2+]CC1. The molecule has 1 aromatic rings. The fourth-order valence-electron chi connectivity index (χ4n) is 2.19. The van der Waals surface area contributed by atoms with Gasteiger partial charge in [-0.3, -0.25) is 0 Å². The van der Waals surface area contributed by atoms with Crippen molar-refractivity contribution in [1.29, 1.82) is 5.26 Å². The number of hydrogen-bond acceptors (Lipinski definition) is 1. The van der Waals surface area contributed by atoms with Crippen LogP contribution >= 0.6 is 0 Å². The van der Waals surface area contributed by atoms with Gasteiger partial charge in [0.05, 0.1) is 24.6 Å². The van der Waals surface area contributed by atoms with Crippen molar-refractivity contribution in [3.63, 3.8) is 0 Å². The molecule has 2 nitrogen and oxygen atoms in total.